The first-order valence-corrected chi connectivity index (χ1v) is 19.5. The van der Waals surface area contributed by atoms with E-state index in [1.807, 2.05) is 26.8 Å². The van der Waals surface area contributed by atoms with Gasteiger partial charge in [-0.2, -0.15) is 4.98 Å². The van der Waals surface area contributed by atoms with Crippen molar-refractivity contribution in [3.05, 3.63) is 52.1 Å². The quantitative estimate of drug-likeness (QED) is 0.317. The lowest BCUT2D eigenvalue weighted by molar-refractivity contribution is -0.138. The van der Waals surface area contributed by atoms with Crippen LogP contribution in [0, 0.1) is 5.41 Å². The minimum absolute atomic E-state index is 0.147. The van der Waals surface area contributed by atoms with Gasteiger partial charge in [0.2, 0.25) is 5.91 Å². The number of hydrogen-bond donors (Lipinski definition) is 4. The van der Waals surface area contributed by atoms with Crippen molar-refractivity contribution in [3.63, 3.8) is 0 Å². The molecule has 1 saturated heterocycles. The average Bonchev–Trinajstić information content (AvgIpc) is 3.04. The van der Waals surface area contributed by atoms with Crippen molar-refractivity contribution in [2.24, 2.45) is 5.41 Å². The molecule has 0 radical (unpaired) electrons. The number of aryl methyl sites for hydroxylation is 1. The molecule has 3 aliphatic carbocycles. The number of urea groups is 1. The highest BCUT2D eigenvalue weighted by Gasteiger charge is 2.53. The average molecular weight is 763 g/mol. The summed E-state index contributed by atoms with van der Waals surface area (Å²) >= 11 is 0. The zero-order chi connectivity index (χ0) is 39.9. The summed E-state index contributed by atoms with van der Waals surface area (Å²) in [5.74, 6) is -0.127. The Morgan fingerprint density at radius 3 is 2.04 bits per heavy atom. The second-order valence-corrected chi connectivity index (χ2v) is 18.3. The summed E-state index contributed by atoms with van der Waals surface area (Å²) in [6, 6.07) is 8.39. The fourth-order valence-electron chi connectivity index (χ4n) is 8.34. The number of anilines is 1. The van der Waals surface area contributed by atoms with Crippen LogP contribution < -0.4 is 27.0 Å². The molecule has 6 rings (SSSR count). The van der Waals surface area contributed by atoms with Gasteiger partial charge in [-0.15, -0.1) is 0 Å². The molecule has 15 nitrogen and oxygen atoms in total. The Balaban J connectivity index is 0.942. The topological polar surface area (TPSA) is 176 Å². The van der Waals surface area contributed by atoms with Crippen molar-refractivity contribution in [1.82, 2.24) is 35.3 Å². The number of rotatable bonds is 7. The molecule has 15 heteroatoms. The fourth-order valence-corrected chi connectivity index (χ4v) is 8.34. The highest BCUT2D eigenvalue weighted by molar-refractivity contribution is 5.90. The van der Waals surface area contributed by atoms with Gasteiger partial charge in [0, 0.05) is 50.5 Å². The maximum Gasteiger partial charge on any atom is 0.408 e. The second kappa shape index (κ2) is 15.1. The molecule has 1 atom stereocenters. The molecule has 4 aliphatic rings. The van der Waals surface area contributed by atoms with Gasteiger partial charge in [-0.25, -0.2) is 19.2 Å². The summed E-state index contributed by atoms with van der Waals surface area (Å²) in [6.07, 6.45) is 7.79. The van der Waals surface area contributed by atoms with Crippen LogP contribution >= 0.6 is 0 Å². The Kier molecular flexibility index (Phi) is 11.0. The van der Waals surface area contributed by atoms with E-state index < -0.39 is 34.6 Å². The van der Waals surface area contributed by atoms with Gasteiger partial charge in [0.1, 0.15) is 22.6 Å². The highest BCUT2D eigenvalue weighted by atomic mass is 16.6. The maximum absolute atomic E-state index is 13.2. The van der Waals surface area contributed by atoms with Gasteiger partial charge in [-0.05, 0) is 135 Å². The molecule has 0 bridgehead atoms. The van der Waals surface area contributed by atoms with Crippen LogP contribution in [0.1, 0.15) is 98.6 Å². The van der Waals surface area contributed by atoms with Gasteiger partial charge >= 0.3 is 23.9 Å². The number of hydrogen-bond acceptors (Lipinski definition) is 9. The number of nitrogens with zero attached hydrogens (tertiary/aromatic N) is 4. The highest BCUT2D eigenvalue weighted by Crippen LogP contribution is 2.56. The molecule has 3 fully saturated rings. The first kappa shape index (κ1) is 40.0. The first-order chi connectivity index (χ1) is 25.7. The smallest absolute Gasteiger partial charge is 0.408 e. The minimum Gasteiger partial charge on any atom is -0.444 e. The number of aromatic nitrogens is 2. The first-order valence-electron chi connectivity index (χ1n) is 19.5. The summed E-state index contributed by atoms with van der Waals surface area (Å²) in [5.41, 5.74) is 0.704. The van der Waals surface area contributed by atoms with E-state index in [4.69, 9.17) is 9.47 Å². The van der Waals surface area contributed by atoms with Crippen LogP contribution in [0.4, 0.5) is 20.2 Å². The van der Waals surface area contributed by atoms with Crippen molar-refractivity contribution in [2.75, 3.05) is 31.5 Å². The molecule has 2 saturated carbocycles. The lowest BCUT2D eigenvalue weighted by atomic mass is 9.52. The van der Waals surface area contributed by atoms with Crippen LogP contribution in [0.2, 0.25) is 0 Å². The predicted molar refractivity (Wildman–Crippen MR) is 207 cm³/mol. The summed E-state index contributed by atoms with van der Waals surface area (Å²) in [4.78, 5) is 71.1. The lowest BCUT2D eigenvalue weighted by Crippen LogP contribution is -2.62. The van der Waals surface area contributed by atoms with Crippen molar-refractivity contribution in [2.45, 2.75) is 135 Å². The van der Waals surface area contributed by atoms with E-state index in [-0.39, 0.29) is 50.0 Å². The Morgan fingerprint density at radius 1 is 0.782 bits per heavy atom. The molecule has 55 heavy (non-hydrogen) atoms. The summed E-state index contributed by atoms with van der Waals surface area (Å²) in [7, 11) is 0. The summed E-state index contributed by atoms with van der Waals surface area (Å²) in [5, 5.41) is 12.3. The number of carbonyl (C=O) groups excluding carboxylic acids is 4. The molecule has 1 spiro atoms. The SMILES string of the molecule is CC(C)(C)OC(=O)NC1CC2(C1)CC(NC1CCc3cc(-n4ccc(NC(=O)N5CCN(C(=O)C(C)(C)NC(=O)OC(C)(C)C)CC5)nc4=O)ccc3C1)C2. The molecule has 1 aromatic carbocycles. The van der Waals surface area contributed by atoms with Gasteiger partial charge in [0.25, 0.3) is 0 Å². The normalized spacial score (nSPS) is 23.8. The number of ether oxygens (including phenoxy) is 2. The molecule has 300 valence electrons. The molecule has 2 heterocycles. The molecule has 1 unspecified atom stereocenters. The van der Waals surface area contributed by atoms with Crippen molar-refractivity contribution in [3.8, 4) is 5.69 Å². The third-order valence-electron chi connectivity index (χ3n) is 10.8. The molecular formula is C40H58N8O7. The molecule has 4 N–H and O–H groups in total. The lowest BCUT2D eigenvalue weighted by Gasteiger charge is -2.58. The Morgan fingerprint density at radius 2 is 1.40 bits per heavy atom. The van der Waals surface area contributed by atoms with Crippen LogP contribution in [-0.2, 0) is 27.1 Å². The van der Waals surface area contributed by atoms with Crippen molar-refractivity contribution in [1.29, 1.82) is 0 Å². The fraction of sp³-hybridized carbons (Fsp3) is 0.650. The van der Waals surface area contributed by atoms with E-state index >= 15 is 0 Å². The van der Waals surface area contributed by atoms with Crippen LogP contribution in [0.3, 0.4) is 0 Å². The summed E-state index contributed by atoms with van der Waals surface area (Å²) in [6.45, 7) is 15.2. The zero-order valence-corrected chi connectivity index (χ0v) is 33.5. The van der Waals surface area contributed by atoms with Crippen LogP contribution in [0.15, 0.2) is 35.3 Å². The van der Waals surface area contributed by atoms with E-state index in [0.29, 0.717) is 17.5 Å². The largest absolute Gasteiger partial charge is 0.444 e. The minimum atomic E-state index is -1.19. The Hall–Kier alpha value is -4.66. The monoisotopic (exact) mass is 762 g/mol. The number of amides is 5. The molecule has 2 aromatic rings. The van der Waals surface area contributed by atoms with Crippen LogP contribution in [0.5, 0.6) is 0 Å². The van der Waals surface area contributed by atoms with E-state index in [1.165, 1.54) is 15.7 Å². The maximum atomic E-state index is 13.2. The van der Waals surface area contributed by atoms with E-state index in [1.54, 1.807) is 56.7 Å². The van der Waals surface area contributed by atoms with Crippen LogP contribution in [0.25, 0.3) is 5.69 Å². The van der Waals surface area contributed by atoms with E-state index in [0.717, 1.165) is 50.6 Å². The number of fused-ring (bicyclic) bond motifs is 1. The van der Waals surface area contributed by atoms with Gasteiger partial charge in [0.15, 0.2) is 0 Å². The second-order valence-electron chi connectivity index (χ2n) is 18.3. The van der Waals surface area contributed by atoms with Crippen LogP contribution in [-0.4, -0.2) is 105 Å². The van der Waals surface area contributed by atoms with Crippen molar-refractivity contribution >= 4 is 29.9 Å². The Bertz CT molecular complexity index is 1840. The molecule has 5 amide bonds. The van der Waals surface area contributed by atoms with E-state index in [9.17, 15) is 24.0 Å². The van der Waals surface area contributed by atoms with Gasteiger partial charge in [0.05, 0.1) is 5.69 Å². The van der Waals surface area contributed by atoms with Gasteiger partial charge in [-0.3, -0.25) is 14.7 Å². The van der Waals surface area contributed by atoms with Gasteiger partial charge < -0.3 is 35.2 Å². The predicted octanol–water partition coefficient (Wildman–Crippen LogP) is 4.49. The number of alkyl carbamates (subject to hydrolysis) is 2. The molecule has 1 aromatic heterocycles. The molecular weight excluding hydrogens is 704 g/mol. The molecule has 1 aliphatic heterocycles. The number of nitrogens with one attached hydrogen (secondary N) is 4. The zero-order valence-electron chi connectivity index (χ0n) is 33.5. The third-order valence-corrected chi connectivity index (χ3v) is 10.8. The van der Waals surface area contributed by atoms with Crippen molar-refractivity contribution < 1.29 is 28.7 Å². The van der Waals surface area contributed by atoms with E-state index in [2.05, 4.69) is 38.4 Å². The number of benzene rings is 1. The summed E-state index contributed by atoms with van der Waals surface area (Å²) < 4.78 is 12.2. The Labute approximate surface area is 323 Å². The third kappa shape index (κ3) is 9.96. The number of piperazine rings is 1. The van der Waals surface area contributed by atoms with Gasteiger partial charge in [-0.1, -0.05) is 6.07 Å². The number of carbonyl (C=O) groups is 4. The standard InChI is InChI=1S/C40H58N8O7/c1-37(2,3)54-35(52)42-29-23-40(24-29)21-28(22-40)41-27-11-9-26-20-30(12-10-25(26)19-27)48-14-13-31(44-34(48)51)43-33(50)47-17-15-46(16-18-47)32(49)39(7,8)45-36(53)55-38(4,5)6/h10,12-14,20,27-29,41H,9,11,15-19,21-24H2,1-8H3,(H,42,52)(H,45,53)(H,43,44,50,51).